The average molecular weight is 271 g/mol. The summed E-state index contributed by atoms with van der Waals surface area (Å²) in [4.78, 5) is 33.1. The van der Waals surface area contributed by atoms with Gasteiger partial charge < -0.3 is 14.8 Å². The second-order valence-corrected chi connectivity index (χ2v) is 5.03. The van der Waals surface area contributed by atoms with Gasteiger partial charge >= 0.3 is 11.9 Å². The number of hydrogen-bond acceptors (Lipinski definition) is 5. The number of carbonyl (C=O) groups is 3. The molecule has 6 heteroatoms. The lowest BCUT2D eigenvalue weighted by Gasteiger charge is -2.29. The summed E-state index contributed by atoms with van der Waals surface area (Å²) in [5, 5.41) is 2.46. The SMILES string of the molecule is CC[C@@H](C[C@H]1CC(=O)O1)OC(=O)[C@@H](NC=O)C(C)C. The van der Waals surface area contributed by atoms with Crippen molar-refractivity contribution < 1.29 is 23.9 Å². The van der Waals surface area contributed by atoms with Crippen molar-refractivity contribution in [2.75, 3.05) is 0 Å². The maximum absolute atomic E-state index is 11.9. The van der Waals surface area contributed by atoms with E-state index < -0.39 is 12.0 Å². The van der Waals surface area contributed by atoms with Crippen LogP contribution in [0.15, 0.2) is 0 Å². The molecule has 1 aliphatic rings. The standard InChI is InChI=1S/C13H21NO5/c1-4-9(5-10-6-11(16)18-10)19-13(17)12(8(2)3)14-7-15/h7-10,12H,4-6H2,1-3H3,(H,14,15)/t9-,10-,12-/m0/s1. The monoisotopic (exact) mass is 271 g/mol. The second-order valence-electron chi connectivity index (χ2n) is 5.03. The smallest absolute Gasteiger partial charge is 0.329 e. The largest absolute Gasteiger partial charge is 0.461 e. The first-order valence-electron chi connectivity index (χ1n) is 6.57. The van der Waals surface area contributed by atoms with Crippen LogP contribution < -0.4 is 5.32 Å². The Bertz CT molecular complexity index is 334. The molecule has 0 saturated carbocycles. The Kier molecular flexibility index (Phi) is 5.79. The molecule has 1 heterocycles. The number of nitrogens with one attached hydrogen (secondary N) is 1. The van der Waals surface area contributed by atoms with Gasteiger partial charge in [0.15, 0.2) is 0 Å². The van der Waals surface area contributed by atoms with E-state index in [2.05, 4.69) is 5.32 Å². The molecule has 1 amide bonds. The van der Waals surface area contributed by atoms with Crippen molar-refractivity contribution in [2.45, 2.75) is 58.3 Å². The van der Waals surface area contributed by atoms with E-state index in [-0.39, 0.29) is 24.1 Å². The molecular formula is C13H21NO5. The number of ether oxygens (including phenoxy) is 2. The van der Waals surface area contributed by atoms with Gasteiger partial charge in [-0.1, -0.05) is 20.8 Å². The number of hydrogen-bond donors (Lipinski definition) is 1. The zero-order valence-electron chi connectivity index (χ0n) is 11.5. The highest BCUT2D eigenvalue weighted by Crippen LogP contribution is 2.21. The average Bonchev–Trinajstić information content (AvgIpc) is 2.32. The normalized spacial score (nSPS) is 21.1. The molecule has 1 rings (SSSR count). The molecule has 0 aromatic rings. The van der Waals surface area contributed by atoms with Gasteiger partial charge in [-0.25, -0.2) is 4.79 Å². The van der Waals surface area contributed by atoms with Crippen molar-refractivity contribution >= 4 is 18.3 Å². The summed E-state index contributed by atoms with van der Waals surface area (Å²) in [5.41, 5.74) is 0. The fourth-order valence-corrected chi connectivity index (χ4v) is 1.93. The van der Waals surface area contributed by atoms with Crippen molar-refractivity contribution in [1.29, 1.82) is 0 Å². The minimum Gasteiger partial charge on any atom is -0.461 e. The van der Waals surface area contributed by atoms with Crippen molar-refractivity contribution in [2.24, 2.45) is 5.92 Å². The molecule has 0 unspecified atom stereocenters. The van der Waals surface area contributed by atoms with E-state index in [0.717, 1.165) is 0 Å². The third kappa shape index (κ3) is 4.54. The number of cyclic esters (lactones) is 1. The van der Waals surface area contributed by atoms with Gasteiger partial charge in [-0.2, -0.15) is 0 Å². The Morgan fingerprint density at radius 3 is 2.63 bits per heavy atom. The lowest BCUT2D eigenvalue weighted by molar-refractivity contribution is -0.174. The first kappa shape index (κ1) is 15.5. The van der Waals surface area contributed by atoms with Gasteiger partial charge in [-0.3, -0.25) is 9.59 Å². The summed E-state index contributed by atoms with van der Waals surface area (Å²) in [7, 11) is 0. The highest BCUT2D eigenvalue weighted by atomic mass is 16.6. The van der Waals surface area contributed by atoms with Crippen LogP contribution >= 0.6 is 0 Å². The molecular weight excluding hydrogens is 250 g/mol. The quantitative estimate of drug-likeness (QED) is 0.521. The number of carbonyl (C=O) groups excluding carboxylic acids is 3. The maximum Gasteiger partial charge on any atom is 0.329 e. The molecule has 0 bridgehead atoms. The maximum atomic E-state index is 11.9. The molecule has 1 fully saturated rings. The second kappa shape index (κ2) is 7.11. The van der Waals surface area contributed by atoms with Crippen LogP contribution in [0, 0.1) is 5.92 Å². The highest BCUT2D eigenvalue weighted by Gasteiger charge is 2.33. The molecule has 0 radical (unpaired) electrons. The predicted octanol–water partition coefficient (Wildman–Crippen LogP) is 0.784. The van der Waals surface area contributed by atoms with E-state index in [1.54, 1.807) is 0 Å². The Hall–Kier alpha value is -1.59. The number of esters is 2. The van der Waals surface area contributed by atoms with Gasteiger partial charge in [0.1, 0.15) is 18.2 Å². The Labute approximate surface area is 112 Å². The summed E-state index contributed by atoms with van der Waals surface area (Å²) < 4.78 is 10.3. The molecule has 0 aromatic heterocycles. The zero-order chi connectivity index (χ0) is 14.4. The number of amides is 1. The van der Waals surface area contributed by atoms with Crippen LogP contribution in [-0.4, -0.2) is 36.6 Å². The fourth-order valence-electron chi connectivity index (χ4n) is 1.93. The van der Waals surface area contributed by atoms with Crippen molar-refractivity contribution in [1.82, 2.24) is 5.32 Å². The van der Waals surface area contributed by atoms with Crippen LogP contribution in [0.3, 0.4) is 0 Å². The summed E-state index contributed by atoms with van der Waals surface area (Å²) in [6.45, 7) is 5.56. The van der Waals surface area contributed by atoms with Gasteiger partial charge in [0.25, 0.3) is 0 Å². The van der Waals surface area contributed by atoms with Crippen molar-refractivity contribution in [3.63, 3.8) is 0 Å². The zero-order valence-corrected chi connectivity index (χ0v) is 11.5. The molecule has 1 aliphatic heterocycles. The topological polar surface area (TPSA) is 81.7 Å². The molecule has 3 atom stereocenters. The number of rotatable bonds is 8. The van der Waals surface area contributed by atoms with E-state index in [4.69, 9.17) is 9.47 Å². The van der Waals surface area contributed by atoms with E-state index in [0.29, 0.717) is 25.7 Å². The minimum absolute atomic E-state index is 0.0447. The molecule has 0 spiro atoms. The van der Waals surface area contributed by atoms with Crippen LogP contribution in [-0.2, 0) is 23.9 Å². The molecule has 1 N–H and O–H groups in total. The van der Waals surface area contributed by atoms with Gasteiger partial charge in [0.2, 0.25) is 6.41 Å². The van der Waals surface area contributed by atoms with E-state index >= 15 is 0 Å². The summed E-state index contributed by atoms with van der Waals surface area (Å²) in [6, 6.07) is -0.643. The van der Waals surface area contributed by atoms with Crippen LogP contribution in [0.4, 0.5) is 0 Å². The third-order valence-electron chi connectivity index (χ3n) is 3.12. The van der Waals surface area contributed by atoms with Gasteiger partial charge in [-0.15, -0.1) is 0 Å². The van der Waals surface area contributed by atoms with Crippen LogP contribution in [0.25, 0.3) is 0 Å². The van der Waals surface area contributed by atoms with Gasteiger partial charge in [0, 0.05) is 6.42 Å². The van der Waals surface area contributed by atoms with Crippen LogP contribution in [0.1, 0.15) is 40.0 Å². The van der Waals surface area contributed by atoms with Crippen molar-refractivity contribution in [3.8, 4) is 0 Å². The Morgan fingerprint density at radius 1 is 1.58 bits per heavy atom. The van der Waals surface area contributed by atoms with Crippen LogP contribution in [0.5, 0.6) is 0 Å². The lowest BCUT2D eigenvalue weighted by Crippen LogP contribution is -2.44. The summed E-state index contributed by atoms with van der Waals surface area (Å²) in [5.74, 6) is -0.704. The Balaban J connectivity index is 2.46. The molecule has 1 saturated heterocycles. The molecule has 19 heavy (non-hydrogen) atoms. The Morgan fingerprint density at radius 2 is 2.21 bits per heavy atom. The van der Waals surface area contributed by atoms with E-state index in [9.17, 15) is 14.4 Å². The molecule has 108 valence electrons. The lowest BCUT2D eigenvalue weighted by atomic mass is 10.0. The third-order valence-corrected chi connectivity index (χ3v) is 3.12. The van der Waals surface area contributed by atoms with E-state index in [1.165, 1.54) is 0 Å². The van der Waals surface area contributed by atoms with Crippen LogP contribution in [0.2, 0.25) is 0 Å². The van der Waals surface area contributed by atoms with E-state index in [1.807, 2.05) is 20.8 Å². The first-order chi connectivity index (χ1) is 8.97. The predicted molar refractivity (Wildman–Crippen MR) is 67.1 cm³/mol. The van der Waals surface area contributed by atoms with Gasteiger partial charge in [-0.05, 0) is 12.3 Å². The highest BCUT2D eigenvalue weighted by molar-refractivity contribution is 5.78. The van der Waals surface area contributed by atoms with Crippen molar-refractivity contribution in [3.05, 3.63) is 0 Å². The molecule has 0 aromatic carbocycles. The molecule has 6 nitrogen and oxygen atoms in total. The first-order valence-corrected chi connectivity index (χ1v) is 6.57. The minimum atomic E-state index is -0.643. The fraction of sp³-hybridized carbons (Fsp3) is 0.769. The molecule has 0 aliphatic carbocycles. The summed E-state index contributed by atoms with van der Waals surface area (Å²) >= 11 is 0. The summed E-state index contributed by atoms with van der Waals surface area (Å²) in [6.07, 6.45) is 1.60. The van der Waals surface area contributed by atoms with Gasteiger partial charge in [0.05, 0.1) is 6.42 Å².